The van der Waals surface area contributed by atoms with Gasteiger partial charge in [0.15, 0.2) is 17.3 Å². The molecule has 124 valence electrons. The fourth-order valence-electron chi connectivity index (χ4n) is 2.17. The van der Waals surface area contributed by atoms with E-state index >= 15 is 0 Å². The number of aryl methyl sites for hydroxylation is 1. The number of benzene rings is 2. The largest absolute Gasteiger partial charge is 0.505 e. The summed E-state index contributed by atoms with van der Waals surface area (Å²) >= 11 is 0. The minimum Gasteiger partial charge on any atom is -0.505 e. The van der Waals surface area contributed by atoms with Crippen molar-refractivity contribution in [1.82, 2.24) is 15.0 Å². The van der Waals surface area contributed by atoms with Crippen molar-refractivity contribution in [3.8, 4) is 23.8 Å². The summed E-state index contributed by atoms with van der Waals surface area (Å²) in [4.78, 5) is 12.3. The van der Waals surface area contributed by atoms with Crippen molar-refractivity contribution in [2.75, 3.05) is 5.32 Å². The lowest BCUT2D eigenvalue weighted by atomic mass is 10.1. The minimum absolute atomic E-state index is 0.0642. The fraction of sp³-hybridized carbons (Fsp3) is 0.0556. The molecule has 0 bridgehead atoms. The third kappa shape index (κ3) is 3.33. The van der Waals surface area contributed by atoms with Gasteiger partial charge in [0.2, 0.25) is 0 Å². The molecule has 0 spiro atoms. The molecule has 3 aromatic rings. The number of terminal acetylenes is 1. The number of nitrogens with one attached hydrogen (secondary N) is 1. The number of phenols is 1. The van der Waals surface area contributed by atoms with Crippen LogP contribution in [0.15, 0.2) is 42.6 Å². The Kier molecular flexibility index (Phi) is 4.18. The van der Waals surface area contributed by atoms with Gasteiger partial charge in [-0.1, -0.05) is 17.2 Å². The summed E-state index contributed by atoms with van der Waals surface area (Å²) in [5.74, 6) is 0.784. The highest BCUT2D eigenvalue weighted by molar-refractivity contribution is 6.03. The molecule has 1 heterocycles. The lowest BCUT2D eigenvalue weighted by molar-refractivity contribution is 0.102. The summed E-state index contributed by atoms with van der Waals surface area (Å²) in [6.07, 6.45) is 6.74. The summed E-state index contributed by atoms with van der Waals surface area (Å²) in [7, 11) is 0. The van der Waals surface area contributed by atoms with Crippen LogP contribution in [-0.2, 0) is 0 Å². The van der Waals surface area contributed by atoms with Gasteiger partial charge in [-0.15, -0.1) is 11.5 Å². The number of anilines is 1. The van der Waals surface area contributed by atoms with Gasteiger partial charge in [-0.25, -0.2) is 9.07 Å². The number of nitrogens with zero attached hydrogens (tertiary/aromatic N) is 3. The lowest BCUT2D eigenvalue weighted by Crippen LogP contribution is -2.13. The van der Waals surface area contributed by atoms with Gasteiger partial charge >= 0.3 is 0 Å². The fourth-order valence-corrected chi connectivity index (χ4v) is 2.17. The topological polar surface area (TPSA) is 80.0 Å². The third-order valence-corrected chi connectivity index (χ3v) is 3.57. The van der Waals surface area contributed by atoms with Crippen LogP contribution in [0.3, 0.4) is 0 Å². The zero-order valence-corrected chi connectivity index (χ0v) is 13.2. The van der Waals surface area contributed by atoms with E-state index in [-0.39, 0.29) is 5.69 Å². The van der Waals surface area contributed by atoms with E-state index in [9.17, 15) is 14.3 Å². The molecule has 0 aliphatic carbocycles. The van der Waals surface area contributed by atoms with Crippen molar-refractivity contribution in [2.45, 2.75) is 6.92 Å². The first-order valence-electron chi connectivity index (χ1n) is 7.28. The maximum Gasteiger partial charge on any atom is 0.277 e. The molecule has 0 saturated heterocycles. The first-order valence-corrected chi connectivity index (χ1v) is 7.28. The zero-order valence-electron chi connectivity index (χ0n) is 13.2. The van der Waals surface area contributed by atoms with E-state index in [4.69, 9.17) is 6.42 Å². The molecular weight excluding hydrogens is 323 g/mol. The van der Waals surface area contributed by atoms with Crippen molar-refractivity contribution < 1.29 is 14.3 Å². The molecule has 0 unspecified atom stereocenters. The Morgan fingerprint density at radius 3 is 2.84 bits per heavy atom. The third-order valence-electron chi connectivity index (χ3n) is 3.57. The predicted octanol–water partition coefficient (Wildman–Crippen LogP) is 2.65. The molecule has 0 atom stereocenters. The maximum absolute atomic E-state index is 13.1. The number of halogens is 1. The van der Waals surface area contributed by atoms with Crippen molar-refractivity contribution in [3.05, 3.63) is 65.2 Å². The molecule has 0 aliphatic rings. The molecule has 1 aromatic heterocycles. The summed E-state index contributed by atoms with van der Waals surface area (Å²) in [5.41, 5.74) is 2.51. The molecule has 1 amide bonds. The van der Waals surface area contributed by atoms with Gasteiger partial charge in [0, 0.05) is 17.3 Å². The van der Waals surface area contributed by atoms with E-state index in [1.165, 1.54) is 23.0 Å². The van der Waals surface area contributed by atoms with Crippen LogP contribution >= 0.6 is 0 Å². The zero-order chi connectivity index (χ0) is 18.0. The molecule has 7 heteroatoms. The lowest BCUT2D eigenvalue weighted by Gasteiger charge is -2.07. The molecule has 25 heavy (non-hydrogen) atoms. The van der Waals surface area contributed by atoms with Crippen LogP contribution in [0.25, 0.3) is 5.69 Å². The van der Waals surface area contributed by atoms with Gasteiger partial charge in [0.05, 0.1) is 11.9 Å². The van der Waals surface area contributed by atoms with Crippen LogP contribution in [0.2, 0.25) is 0 Å². The van der Waals surface area contributed by atoms with Crippen LogP contribution < -0.4 is 5.32 Å². The Labute approximate surface area is 142 Å². The molecule has 6 nitrogen and oxygen atoms in total. The normalized spacial score (nSPS) is 10.3. The summed E-state index contributed by atoms with van der Waals surface area (Å²) in [6.45, 7) is 1.84. The standard InChI is InChI=1S/C18H13FN4O2/c1-3-12-5-4-11(2)15(8-12)20-18(25)16-10-23(22-21-16)13-6-7-14(19)17(24)9-13/h1,4-10,24H,2H3,(H,20,25). The Morgan fingerprint density at radius 2 is 2.12 bits per heavy atom. The van der Waals surface area contributed by atoms with Crippen LogP contribution in [0, 0.1) is 25.1 Å². The van der Waals surface area contributed by atoms with Gasteiger partial charge in [-0.2, -0.15) is 0 Å². The first-order chi connectivity index (χ1) is 12.0. The van der Waals surface area contributed by atoms with E-state index in [2.05, 4.69) is 21.5 Å². The Balaban J connectivity index is 1.84. The number of carbonyl (C=O) groups excluding carboxylic acids is 1. The molecule has 0 aliphatic heterocycles. The van der Waals surface area contributed by atoms with Gasteiger partial charge in [0.1, 0.15) is 0 Å². The number of rotatable bonds is 3. The van der Waals surface area contributed by atoms with E-state index in [1.807, 2.05) is 13.0 Å². The van der Waals surface area contributed by atoms with Crippen molar-refractivity contribution in [3.63, 3.8) is 0 Å². The predicted molar refractivity (Wildman–Crippen MR) is 90.0 cm³/mol. The summed E-state index contributed by atoms with van der Waals surface area (Å²) < 4.78 is 14.4. The first kappa shape index (κ1) is 16.2. The molecule has 3 rings (SSSR count). The quantitative estimate of drug-likeness (QED) is 0.721. The monoisotopic (exact) mass is 336 g/mol. The SMILES string of the molecule is C#Cc1ccc(C)c(NC(=O)c2cn(-c3ccc(F)c(O)c3)nn2)c1. The number of aromatic nitrogens is 3. The Hall–Kier alpha value is -3.66. The van der Waals surface area contributed by atoms with Gasteiger partial charge in [-0.05, 0) is 36.8 Å². The summed E-state index contributed by atoms with van der Waals surface area (Å²) in [6, 6.07) is 8.97. The number of aromatic hydroxyl groups is 1. The Morgan fingerprint density at radius 1 is 1.32 bits per heavy atom. The van der Waals surface area contributed by atoms with Crippen molar-refractivity contribution in [2.24, 2.45) is 0 Å². The smallest absolute Gasteiger partial charge is 0.277 e. The molecule has 0 radical (unpaired) electrons. The van der Waals surface area contributed by atoms with Crippen LogP contribution in [0.4, 0.5) is 10.1 Å². The molecular formula is C18H13FN4O2. The van der Waals surface area contributed by atoms with Crippen LogP contribution in [-0.4, -0.2) is 26.0 Å². The maximum atomic E-state index is 13.1. The second-order valence-corrected chi connectivity index (χ2v) is 5.31. The number of phenolic OH excluding ortho intramolecular Hbond substituents is 1. The number of hydrogen-bond acceptors (Lipinski definition) is 4. The van der Waals surface area contributed by atoms with E-state index in [0.717, 1.165) is 11.6 Å². The number of carbonyl (C=O) groups is 1. The second-order valence-electron chi connectivity index (χ2n) is 5.31. The van der Waals surface area contributed by atoms with E-state index in [0.29, 0.717) is 16.9 Å². The second kappa shape index (κ2) is 6.45. The minimum atomic E-state index is -0.745. The highest BCUT2D eigenvalue weighted by atomic mass is 19.1. The number of hydrogen-bond donors (Lipinski definition) is 2. The van der Waals surface area contributed by atoms with Gasteiger partial charge in [-0.3, -0.25) is 4.79 Å². The van der Waals surface area contributed by atoms with Crippen molar-refractivity contribution in [1.29, 1.82) is 0 Å². The highest BCUT2D eigenvalue weighted by Gasteiger charge is 2.14. The molecule has 0 fully saturated rings. The van der Waals surface area contributed by atoms with Gasteiger partial charge < -0.3 is 10.4 Å². The number of amides is 1. The van der Waals surface area contributed by atoms with E-state index in [1.54, 1.807) is 12.1 Å². The molecule has 0 saturated carbocycles. The average molecular weight is 336 g/mol. The van der Waals surface area contributed by atoms with Crippen molar-refractivity contribution >= 4 is 11.6 Å². The van der Waals surface area contributed by atoms with Crippen LogP contribution in [0.5, 0.6) is 5.75 Å². The van der Waals surface area contributed by atoms with Crippen LogP contribution in [0.1, 0.15) is 21.6 Å². The molecule has 2 N–H and O–H groups in total. The average Bonchev–Trinajstić information content (AvgIpc) is 3.09. The summed E-state index contributed by atoms with van der Waals surface area (Å²) in [5, 5.41) is 19.8. The Bertz CT molecular complexity index is 1000. The van der Waals surface area contributed by atoms with E-state index < -0.39 is 17.5 Å². The molecule has 2 aromatic carbocycles. The van der Waals surface area contributed by atoms with Gasteiger partial charge in [0.25, 0.3) is 5.91 Å². The highest BCUT2D eigenvalue weighted by Crippen LogP contribution is 2.20.